The molecule has 0 amide bonds. The Morgan fingerprint density at radius 2 is 2.05 bits per heavy atom. The van der Waals surface area contributed by atoms with Crippen LogP contribution in [0.4, 0.5) is 5.69 Å². The van der Waals surface area contributed by atoms with Crippen LogP contribution >= 0.6 is 11.6 Å². The third-order valence-electron chi connectivity index (χ3n) is 2.88. The Balaban J connectivity index is 2.16. The average molecular weight is 277 g/mol. The maximum absolute atomic E-state index is 6.18. The third kappa shape index (κ3) is 3.38. The number of hydrogen-bond acceptors (Lipinski definition) is 3. The lowest BCUT2D eigenvalue weighted by Crippen LogP contribution is -2.04. The van der Waals surface area contributed by atoms with Gasteiger partial charge < -0.3 is 10.1 Å². The van der Waals surface area contributed by atoms with Gasteiger partial charge in [-0.05, 0) is 25.5 Å². The van der Waals surface area contributed by atoms with Gasteiger partial charge in [-0.3, -0.25) is 4.98 Å². The van der Waals surface area contributed by atoms with Crippen LogP contribution in [-0.2, 0) is 6.54 Å². The fourth-order valence-corrected chi connectivity index (χ4v) is 2.23. The van der Waals surface area contributed by atoms with Crippen LogP contribution in [0.2, 0.25) is 5.02 Å². The van der Waals surface area contributed by atoms with E-state index in [1.165, 1.54) is 0 Å². The van der Waals surface area contributed by atoms with E-state index >= 15 is 0 Å². The van der Waals surface area contributed by atoms with E-state index in [1.54, 1.807) is 7.11 Å². The van der Waals surface area contributed by atoms with Gasteiger partial charge in [-0.25, -0.2) is 0 Å². The summed E-state index contributed by atoms with van der Waals surface area (Å²) in [6.07, 6.45) is 0. The largest absolute Gasteiger partial charge is 0.497 e. The Morgan fingerprint density at radius 3 is 2.74 bits per heavy atom. The van der Waals surface area contributed by atoms with Crippen molar-refractivity contribution in [3.05, 3.63) is 52.3 Å². The van der Waals surface area contributed by atoms with Gasteiger partial charge in [0.1, 0.15) is 5.75 Å². The Kier molecular flexibility index (Phi) is 4.27. The lowest BCUT2D eigenvalue weighted by molar-refractivity contribution is 0.413. The summed E-state index contributed by atoms with van der Waals surface area (Å²) in [5.41, 5.74) is 3.93. The molecule has 0 aliphatic carbocycles. The van der Waals surface area contributed by atoms with Crippen LogP contribution in [-0.4, -0.2) is 12.1 Å². The van der Waals surface area contributed by atoms with Gasteiger partial charge in [-0.1, -0.05) is 23.7 Å². The molecule has 2 aromatic rings. The van der Waals surface area contributed by atoms with E-state index in [0.717, 1.165) is 33.4 Å². The van der Waals surface area contributed by atoms with Gasteiger partial charge in [0.05, 0.1) is 30.1 Å². The number of halogens is 1. The second-order valence-corrected chi connectivity index (χ2v) is 4.83. The summed E-state index contributed by atoms with van der Waals surface area (Å²) >= 11 is 6.18. The summed E-state index contributed by atoms with van der Waals surface area (Å²) in [6.45, 7) is 4.59. The van der Waals surface area contributed by atoms with Crippen molar-refractivity contribution in [3.8, 4) is 5.75 Å². The molecule has 3 nitrogen and oxygen atoms in total. The summed E-state index contributed by atoms with van der Waals surface area (Å²) in [7, 11) is 1.66. The van der Waals surface area contributed by atoms with Crippen LogP contribution < -0.4 is 10.1 Å². The number of aromatic nitrogens is 1. The number of nitrogens with zero attached hydrogens (tertiary/aromatic N) is 1. The minimum atomic E-state index is 0.614. The molecule has 0 saturated heterocycles. The molecule has 0 saturated carbocycles. The molecular formula is C15H17ClN2O. The van der Waals surface area contributed by atoms with Crippen LogP contribution in [0.1, 0.15) is 17.0 Å². The molecule has 4 heteroatoms. The highest BCUT2D eigenvalue weighted by molar-refractivity contribution is 6.33. The van der Waals surface area contributed by atoms with Crippen molar-refractivity contribution in [1.82, 2.24) is 4.98 Å². The van der Waals surface area contributed by atoms with Crippen LogP contribution in [0.15, 0.2) is 30.3 Å². The van der Waals surface area contributed by atoms with Crippen molar-refractivity contribution in [3.63, 3.8) is 0 Å². The SMILES string of the molecule is COc1cc(C)nc(CNc2c(C)cccc2Cl)c1. The Hall–Kier alpha value is -1.74. The summed E-state index contributed by atoms with van der Waals surface area (Å²) < 4.78 is 5.24. The number of para-hydroxylation sites is 1. The predicted molar refractivity (Wildman–Crippen MR) is 79.0 cm³/mol. The first-order chi connectivity index (χ1) is 9.10. The monoisotopic (exact) mass is 276 g/mol. The average Bonchev–Trinajstić information content (AvgIpc) is 2.37. The molecule has 0 fully saturated rings. The van der Waals surface area contributed by atoms with Crippen LogP contribution in [0.3, 0.4) is 0 Å². The first-order valence-electron chi connectivity index (χ1n) is 6.10. The number of benzene rings is 1. The van der Waals surface area contributed by atoms with Crippen LogP contribution in [0.25, 0.3) is 0 Å². The molecule has 100 valence electrons. The third-order valence-corrected chi connectivity index (χ3v) is 3.20. The number of nitrogens with one attached hydrogen (secondary N) is 1. The number of hydrogen-bond donors (Lipinski definition) is 1. The molecule has 0 unspecified atom stereocenters. The first-order valence-corrected chi connectivity index (χ1v) is 6.48. The molecular weight excluding hydrogens is 260 g/mol. The molecule has 0 aliphatic heterocycles. The molecule has 0 radical (unpaired) electrons. The topological polar surface area (TPSA) is 34.1 Å². The van der Waals surface area contributed by atoms with E-state index in [0.29, 0.717) is 6.54 Å². The molecule has 19 heavy (non-hydrogen) atoms. The molecule has 1 N–H and O–H groups in total. The fraction of sp³-hybridized carbons (Fsp3) is 0.267. The minimum Gasteiger partial charge on any atom is -0.497 e. The molecule has 0 bridgehead atoms. The second kappa shape index (κ2) is 5.93. The number of methoxy groups -OCH3 is 1. The van der Waals surface area contributed by atoms with Gasteiger partial charge >= 0.3 is 0 Å². The van der Waals surface area contributed by atoms with E-state index < -0.39 is 0 Å². The van der Waals surface area contributed by atoms with E-state index in [9.17, 15) is 0 Å². The number of aryl methyl sites for hydroxylation is 2. The summed E-state index contributed by atoms with van der Waals surface area (Å²) in [5.74, 6) is 0.820. The van der Waals surface area contributed by atoms with Gasteiger partial charge in [0, 0.05) is 17.8 Å². The minimum absolute atomic E-state index is 0.614. The summed E-state index contributed by atoms with van der Waals surface area (Å²) in [5, 5.41) is 4.05. The highest BCUT2D eigenvalue weighted by Crippen LogP contribution is 2.26. The lowest BCUT2D eigenvalue weighted by atomic mass is 10.2. The molecule has 2 rings (SSSR count). The Labute approximate surface area is 118 Å². The quantitative estimate of drug-likeness (QED) is 0.917. The van der Waals surface area contributed by atoms with Crippen molar-refractivity contribution in [1.29, 1.82) is 0 Å². The van der Waals surface area contributed by atoms with E-state index in [2.05, 4.69) is 10.3 Å². The van der Waals surface area contributed by atoms with Crippen molar-refractivity contribution in [2.45, 2.75) is 20.4 Å². The first kappa shape index (κ1) is 13.7. The number of rotatable bonds is 4. The van der Waals surface area contributed by atoms with Gasteiger partial charge in [0.15, 0.2) is 0 Å². The number of pyridine rings is 1. The zero-order valence-electron chi connectivity index (χ0n) is 11.3. The van der Waals surface area contributed by atoms with E-state index in [4.69, 9.17) is 16.3 Å². The number of ether oxygens (including phenoxy) is 1. The number of anilines is 1. The maximum Gasteiger partial charge on any atom is 0.122 e. The van der Waals surface area contributed by atoms with Crippen molar-refractivity contribution in [2.75, 3.05) is 12.4 Å². The lowest BCUT2D eigenvalue weighted by Gasteiger charge is -2.12. The summed E-state index contributed by atoms with van der Waals surface area (Å²) in [6, 6.07) is 9.67. The van der Waals surface area contributed by atoms with Crippen molar-refractivity contribution >= 4 is 17.3 Å². The Bertz CT molecular complexity index is 564. The normalized spacial score (nSPS) is 10.3. The molecule has 0 spiro atoms. The fourth-order valence-electron chi connectivity index (χ4n) is 1.95. The highest BCUT2D eigenvalue weighted by atomic mass is 35.5. The van der Waals surface area contributed by atoms with Gasteiger partial charge in [-0.2, -0.15) is 0 Å². The van der Waals surface area contributed by atoms with Gasteiger partial charge in [0.2, 0.25) is 0 Å². The highest BCUT2D eigenvalue weighted by Gasteiger charge is 2.05. The van der Waals surface area contributed by atoms with Crippen molar-refractivity contribution < 1.29 is 4.74 Å². The van der Waals surface area contributed by atoms with Crippen LogP contribution in [0, 0.1) is 13.8 Å². The zero-order valence-corrected chi connectivity index (χ0v) is 12.1. The molecule has 1 heterocycles. The molecule has 1 aromatic heterocycles. The van der Waals surface area contributed by atoms with E-state index in [-0.39, 0.29) is 0 Å². The standard InChI is InChI=1S/C15H17ClN2O/c1-10-5-4-6-14(16)15(10)17-9-12-8-13(19-3)7-11(2)18-12/h4-8,17H,9H2,1-3H3. The van der Waals surface area contributed by atoms with Gasteiger partial charge in [0.25, 0.3) is 0 Å². The second-order valence-electron chi connectivity index (χ2n) is 4.42. The van der Waals surface area contributed by atoms with Gasteiger partial charge in [-0.15, -0.1) is 0 Å². The predicted octanol–water partition coefficient (Wildman–Crippen LogP) is 3.97. The van der Waals surface area contributed by atoms with Crippen LogP contribution in [0.5, 0.6) is 5.75 Å². The maximum atomic E-state index is 6.18. The zero-order chi connectivity index (χ0) is 13.8. The molecule has 0 atom stereocenters. The molecule has 0 aliphatic rings. The Morgan fingerprint density at radius 1 is 1.26 bits per heavy atom. The smallest absolute Gasteiger partial charge is 0.122 e. The van der Waals surface area contributed by atoms with E-state index in [1.807, 2.05) is 44.2 Å². The molecule has 1 aromatic carbocycles. The summed E-state index contributed by atoms with van der Waals surface area (Å²) in [4.78, 5) is 4.47. The van der Waals surface area contributed by atoms with Crippen molar-refractivity contribution in [2.24, 2.45) is 0 Å².